The summed E-state index contributed by atoms with van der Waals surface area (Å²) in [4.78, 5) is 23.7. The normalized spacial score (nSPS) is 11.1. The molecule has 1 aromatic rings. The predicted octanol–water partition coefficient (Wildman–Crippen LogP) is 4.24. The molecule has 0 radical (unpaired) electrons. The molecule has 0 fully saturated rings. The minimum Gasteiger partial charge on any atom is -0.294 e. The van der Waals surface area contributed by atoms with Crippen molar-refractivity contribution in [2.24, 2.45) is 5.92 Å². The fourth-order valence-electron chi connectivity index (χ4n) is 1.69. The Hall–Kier alpha value is -1.09. The molecule has 0 saturated heterocycles. The van der Waals surface area contributed by atoms with Gasteiger partial charge in [0.25, 0.3) is 0 Å². The molecule has 0 saturated carbocycles. The van der Waals surface area contributed by atoms with Gasteiger partial charge in [-0.1, -0.05) is 52.0 Å². The number of hydrogen-bond acceptors (Lipinski definition) is 3. The Morgan fingerprint density at radius 2 is 1.53 bits per heavy atom. The highest BCUT2D eigenvalue weighted by Crippen LogP contribution is 2.15. The summed E-state index contributed by atoms with van der Waals surface area (Å²) in [6.07, 6.45) is 0.556. The van der Waals surface area contributed by atoms with Gasteiger partial charge in [-0.25, -0.2) is 0 Å². The highest BCUT2D eigenvalue weighted by molar-refractivity contribution is 7.99. The maximum absolute atomic E-state index is 11.9. The summed E-state index contributed by atoms with van der Waals surface area (Å²) in [6.45, 7) is 8.01. The van der Waals surface area contributed by atoms with Crippen LogP contribution in [0.4, 0.5) is 0 Å². The maximum atomic E-state index is 11.9. The van der Waals surface area contributed by atoms with Gasteiger partial charge < -0.3 is 0 Å². The number of Topliss-reactive ketones (excluding diaryl/α,β-unsaturated/α-hetero) is 2. The number of benzene rings is 1. The van der Waals surface area contributed by atoms with Gasteiger partial charge in [-0.05, 0) is 5.25 Å². The van der Waals surface area contributed by atoms with Crippen LogP contribution < -0.4 is 0 Å². The first-order valence-corrected chi connectivity index (χ1v) is 7.75. The molecule has 0 aromatic heterocycles. The largest absolute Gasteiger partial charge is 0.294 e. The van der Waals surface area contributed by atoms with Gasteiger partial charge in [0.05, 0.1) is 0 Å². The lowest BCUT2D eigenvalue weighted by atomic mass is 9.99. The summed E-state index contributed by atoms with van der Waals surface area (Å²) in [5, 5.41) is 0.554. The van der Waals surface area contributed by atoms with E-state index in [2.05, 4.69) is 13.8 Å². The third kappa shape index (κ3) is 5.19. The fourth-order valence-corrected chi connectivity index (χ4v) is 2.46. The van der Waals surface area contributed by atoms with Crippen LogP contribution in [-0.2, 0) is 0 Å². The van der Waals surface area contributed by atoms with Crippen molar-refractivity contribution in [3.05, 3.63) is 35.4 Å². The van der Waals surface area contributed by atoms with Gasteiger partial charge in [0.1, 0.15) is 0 Å². The lowest BCUT2D eigenvalue weighted by Gasteiger charge is -2.06. The summed E-state index contributed by atoms with van der Waals surface area (Å²) in [5.41, 5.74) is 1.38. The Morgan fingerprint density at radius 1 is 1.00 bits per heavy atom. The summed E-state index contributed by atoms with van der Waals surface area (Å²) in [5.74, 6) is 1.11. The fraction of sp³-hybridized carbons (Fsp3) is 0.500. The van der Waals surface area contributed by atoms with Crippen LogP contribution >= 0.6 is 11.8 Å². The van der Waals surface area contributed by atoms with Gasteiger partial charge in [-0.3, -0.25) is 9.59 Å². The van der Waals surface area contributed by atoms with E-state index >= 15 is 0 Å². The average Bonchev–Trinajstić information content (AvgIpc) is 2.37. The minimum atomic E-state index is -0.0102. The number of thioether (sulfide) groups is 1. The molecule has 0 atom stereocenters. The zero-order chi connectivity index (χ0) is 14.4. The highest BCUT2D eigenvalue weighted by atomic mass is 32.2. The van der Waals surface area contributed by atoms with E-state index in [1.165, 1.54) is 0 Å². The van der Waals surface area contributed by atoms with Crippen molar-refractivity contribution in [1.29, 1.82) is 0 Å². The molecule has 0 heterocycles. The van der Waals surface area contributed by atoms with Gasteiger partial charge in [0.2, 0.25) is 0 Å². The molecule has 0 bridgehead atoms. The van der Waals surface area contributed by atoms with E-state index in [9.17, 15) is 9.59 Å². The first kappa shape index (κ1) is 16.0. The quantitative estimate of drug-likeness (QED) is 0.700. The predicted molar refractivity (Wildman–Crippen MR) is 82.2 cm³/mol. The molecule has 0 N–H and O–H groups in total. The monoisotopic (exact) mass is 278 g/mol. The van der Waals surface area contributed by atoms with E-state index in [4.69, 9.17) is 0 Å². The summed E-state index contributed by atoms with van der Waals surface area (Å²) < 4.78 is 0. The number of rotatable bonds is 7. The summed E-state index contributed by atoms with van der Waals surface area (Å²) >= 11 is 1.79. The summed E-state index contributed by atoms with van der Waals surface area (Å²) in [7, 11) is 0. The first-order valence-electron chi connectivity index (χ1n) is 6.71. The van der Waals surface area contributed by atoms with E-state index in [0.29, 0.717) is 22.8 Å². The Balaban J connectivity index is 2.61. The molecule has 0 aliphatic rings. The zero-order valence-corrected chi connectivity index (χ0v) is 12.9. The summed E-state index contributed by atoms with van der Waals surface area (Å²) in [6, 6.07) is 7.03. The van der Waals surface area contributed by atoms with Crippen LogP contribution in [0, 0.1) is 5.92 Å². The van der Waals surface area contributed by atoms with Crippen molar-refractivity contribution in [2.75, 3.05) is 5.75 Å². The lowest BCUT2D eigenvalue weighted by Crippen LogP contribution is -2.08. The molecular weight excluding hydrogens is 256 g/mol. The van der Waals surface area contributed by atoms with Crippen LogP contribution in [0.1, 0.15) is 54.8 Å². The molecule has 1 aromatic carbocycles. The maximum Gasteiger partial charge on any atom is 0.165 e. The number of ketones is 2. The van der Waals surface area contributed by atoms with E-state index < -0.39 is 0 Å². The molecular formula is C16H22O2S. The topological polar surface area (TPSA) is 34.1 Å². The first-order chi connectivity index (χ1) is 8.91. The van der Waals surface area contributed by atoms with Gasteiger partial charge in [-0.15, -0.1) is 0 Å². The van der Waals surface area contributed by atoms with Crippen LogP contribution in [0.3, 0.4) is 0 Å². The van der Waals surface area contributed by atoms with Crippen LogP contribution in [0.5, 0.6) is 0 Å². The van der Waals surface area contributed by atoms with Gasteiger partial charge in [0.15, 0.2) is 11.6 Å². The SMILES string of the molecule is CC(C)SCCC(=O)c1ccc(C(=O)C(C)C)cc1. The second-order valence-electron chi connectivity index (χ2n) is 5.19. The molecule has 3 heteroatoms. The van der Waals surface area contributed by atoms with Gasteiger partial charge in [0, 0.05) is 29.2 Å². The highest BCUT2D eigenvalue weighted by Gasteiger charge is 2.11. The molecule has 19 heavy (non-hydrogen) atoms. The minimum absolute atomic E-state index is 0.0102. The molecule has 0 unspecified atom stereocenters. The average molecular weight is 278 g/mol. The Labute approximate surface area is 120 Å². The number of hydrogen-bond donors (Lipinski definition) is 0. The van der Waals surface area contributed by atoms with Crippen molar-refractivity contribution in [3.63, 3.8) is 0 Å². The molecule has 1 rings (SSSR count). The second-order valence-corrected chi connectivity index (χ2v) is 6.87. The molecule has 2 nitrogen and oxygen atoms in total. The van der Waals surface area contributed by atoms with E-state index in [0.717, 1.165) is 5.75 Å². The second kappa shape index (κ2) is 7.49. The molecule has 104 valence electrons. The van der Waals surface area contributed by atoms with Crippen molar-refractivity contribution < 1.29 is 9.59 Å². The number of carbonyl (C=O) groups excluding carboxylic acids is 2. The van der Waals surface area contributed by atoms with Crippen molar-refractivity contribution in [1.82, 2.24) is 0 Å². The third-order valence-corrected chi connectivity index (χ3v) is 3.90. The smallest absolute Gasteiger partial charge is 0.165 e. The molecule has 0 aliphatic carbocycles. The van der Waals surface area contributed by atoms with E-state index in [1.54, 1.807) is 36.0 Å². The Morgan fingerprint density at radius 3 is 2.00 bits per heavy atom. The van der Waals surface area contributed by atoms with Crippen LogP contribution in [-0.4, -0.2) is 22.6 Å². The molecule has 0 aliphatic heterocycles. The molecule has 0 amide bonds. The van der Waals surface area contributed by atoms with Crippen LogP contribution in [0.2, 0.25) is 0 Å². The zero-order valence-electron chi connectivity index (χ0n) is 12.1. The van der Waals surface area contributed by atoms with Gasteiger partial charge in [-0.2, -0.15) is 11.8 Å². The van der Waals surface area contributed by atoms with Crippen LogP contribution in [0.25, 0.3) is 0 Å². The lowest BCUT2D eigenvalue weighted by molar-refractivity contribution is 0.0937. The van der Waals surface area contributed by atoms with Gasteiger partial charge >= 0.3 is 0 Å². The van der Waals surface area contributed by atoms with Crippen LogP contribution in [0.15, 0.2) is 24.3 Å². The Kier molecular flexibility index (Phi) is 6.29. The number of carbonyl (C=O) groups is 2. The van der Waals surface area contributed by atoms with E-state index in [-0.39, 0.29) is 17.5 Å². The third-order valence-electron chi connectivity index (χ3n) is 2.80. The van der Waals surface area contributed by atoms with Crippen molar-refractivity contribution >= 4 is 23.3 Å². The Bertz CT molecular complexity index is 433. The van der Waals surface area contributed by atoms with Crippen molar-refractivity contribution in [3.8, 4) is 0 Å². The van der Waals surface area contributed by atoms with E-state index in [1.807, 2.05) is 13.8 Å². The standard InChI is InChI=1S/C16H22O2S/c1-11(2)16(18)14-7-5-13(6-8-14)15(17)9-10-19-12(3)4/h5-8,11-12H,9-10H2,1-4H3. The van der Waals surface area contributed by atoms with Crippen molar-refractivity contribution in [2.45, 2.75) is 39.4 Å². The molecule has 0 spiro atoms.